The van der Waals surface area contributed by atoms with Crippen LogP contribution in [0.25, 0.3) is 0 Å². The van der Waals surface area contributed by atoms with Gasteiger partial charge in [0.05, 0.1) is 0 Å². The first-order valence-corrected chi connectivity index (χ1v) is 36.1. The van der Waals surface area contributed by atoms with Crippen molar-refractivity contribution < 1.29 is 28.6 Å². The number of esters is 3. The van der Waals surface area contributed by atoms with Gasteiger partial charge >= 0.3 is 17.9 Å². The molecule has 0 bridgehead atoms. The molecule has 0 aromatic carbocycles. The molecule has 0 saturated carbocycles. The third-order valence-electron chi connectivity index (χ3n) is 16.3. The summed E-state index contributed by atoms with van der Waals surface area (Å²) in [5.74, 6) is -0.865. The highest BCUT2D eigenvalue weighted by molar-refractivity contribution is 5.71. The van der Waals surface area contributed by atoms with Gasteiger partial charge in [0, 0.05) is 19.3 Å². The molecule has 0 radical (unpaired) electrons. The summed E-state index contributed by atoms with van der Waals surface area (Å²) >= 11 is 0. The van der Waals surface area contributed by atoms with Crippen molar-refractivity contribution >= 4 is 17.9 Å². The van der Waals surface area contributed by atoms with E-state index in [-0.39, 0.29) is 31.1 Å². The zero-order valence-electron chi connectivity index (χ0n) is 54.6. The summed E-state index contributed by atoms with van der Waals surface area (Å²) in [5, 5.41) is 0. The van der Waals surface area contributed by atoms with Crippen molar-refractivity contribution in [3.05, 3.63) is 48.6 Å². The molecule has 1 unspecified atom stereocenters. The molecule has 1 atom stereocenters. The van der Waals surface area contributed by atoms with Gasteiger partial charge in [-0.05, 0) is 57.8 Å². The van der Waals surface area contributed by atoms with Gasteiger partial charge in [0.25, 0.3) is 0 Å². The highest BCUT2D eigenvalue weighted by Gasteiger charge is 2.19. The van der Waals surface area contributed by atoms with Crippen LogP contribution in [0.4, 0.5) is 0 Å². The van der Waals surface area contributed by atoms with E-state index in [0.29, 0.717) is 19.3 Å². The molecule has 0 aromatic rings. The Balaban J connectivity index is 4.08. The Hall–Kier alpha value is -2.63. The van der Waals surface area contributed by atoms with Crippen molar-refractivity contribution in [2.45, 2.75) is 399 Å². The standard InChI is InChI=1S/C75H138O6/c1-4-7-10-13-16-19-22-24-26-28-30-31-32-33-34-35-36-37-38-39-40-41-42-43-45-46-48-50-53-56-59-62-65-68-74(77)80-71-72(70-79-73(76)67-64-61-58-55-52-21-18-15-12-9-6-3)81-75(78)69-66-63-60-57-54-51-49-47-44-29-27-25-23-20-17-14-11-8-5-2/h8,11,17,20,25,27,44,47,72H,4-7,9-10,12-16,18-19,21-24,26,28-43,45-46,48-71H2,1-3H3/b11-8-,20-17-,27-25-,47-44-. The van der Waals surface area contributed by atoms with E-state index in [1.165, 1.54) is 257 Å². The number of carbonyl (C=O) groups excluding carboxylic acids is 3. The van der Waals surface area contributed by atoms with Crippen molar-refractivity contribution in [1.82, 2.24) is 0 Å². The number of hydrogen-bond donors (Lipinski definition) is 0. The molecule has 6 heteroatoms. The van der Waals surface area contributed by atoms with Gasteiger partial charge in [-0.2, -0.15) is 0 Å². The van der Waals surface area contributed by atoms with Crippen LogP contribution in [0.5, 0.6) is 0 Å². The Labute approximate surface area is 505 Å². The molecule has 0 aliphatic rings. The van der Waals surface area contributed by atoms with E-state index in [0.717, 1.165) is 96.3 Å². The van der Waals surface area contributed by atoms with Crippen LogP contribution < -0.4 is 0 Å². The van der Waals surface area contributed by atoms with E-state index < -0.39 is 6.10 Å². The van der Waals surface area contributed by atoms with Crippen LogP contribution in [-0.2, 0) is 28.6 Å². The third kappa shape index (κ3) is 68.0. The first kappa shape index (κ1) is 78.4. The summed E-state index contributed by atoms with van der Waals surface area (Å²) in [4.78, 5) is 38.3. The zero-order valence-corrected chi connectivity index (χ0v) is 54.6. The van der Waals surface area contributed by atoms with Crippen molar-refractivity contribution in [3.63, 3.8) is 0 Å². The summed E-state index contributed by atoms with van der Waals surface area (Å²) in [6.45, 7) is 6.57. The van der Waals surface area contributed by atoms with E-state index >= 15 is 0 Å². The summed E-state index contributed by atoms with van der Waals surface area (Å²) in [6.07, 6.45) is 88.8. The maximum Gasteiger partial charge on any atom is 0.306 e. The summed E-state index contributed by atoms with van der Waals surface area (Å²) < 4.78 is 16.9. The number of carbonyl (C=O) groups is 3. The van der Waals surface area contributed by atoms with E-state index in [9.17, 15) is 14.4 Å². The van der Waals surface area contributed by atoms with Crippen LogP contribution in [0.15, 0.2) is 48.6 Å². The monoisotopic (exact) mass is 1140 g/mol. The van der Waals surface area contributed by atoms with E-state index in [1.54, 1.807) is 0 Å². The zero-order chi connectivity index (χ0) is 58.5. The van der Waals surface area contributed by atoms with Crippen molar-refractivity contribution in [3.8, 4) is 0 Å². The smallest absolute Gasteiger partial charge is 0.306 e. The van der Waals surface area contributed by atoms with Gasteiger partial charge in [-0.3, -0.25) is 14.4 Å². The molecule has 0 spiro atoms. The van der Waals surface area contributed by atoms with Crippen LogP contribution >= 0.6 is 0 Å². The minimum absolute atomic E-state index is 0.0742. The molecule has 0 fully saturated rings. The largest absolute Gasteiger partial charge is 0.462 e. The number of unbranched alkanes of at least 4 members (excludes halogenated alkanes) is 48. The lowest BCUT2D eigenvalue weighted by Crippen LogP contribution is -2.30. The highest BCUT2D eigenvalue weighted by atomic mass is 16.6. The number of allylic oxidation sites excluding steroid dienone is 8. The first-order valence-electron chi connectivity index (χ1n) is 36.1. The quantitative estimate of drug-likeness (QED) is 0.0261. The average Bonchev–Trinajstić information content (AvgIpc) is 3.47. The van der Waals surface area contributed by atoms with E-state index in [4.69, 9.17) is 14.2 Å². The van der Waals surface area contributed by atoms with Crippen LogP contribution in [0.1, 0.15) is 393 Å². The molecule has 0 saturated heterocycles. The maximum absolute atomic E-state index is 12.9. The molecule has 0 rings (SSSR count). The summed E-state index contributed by atoms with van der Waals surface area (Å²) in [7, 11) is 0. The topological polar surface area (TPSA) is 78.9 Å². The summed E-state index contributed by atoms with van der Waals surface area (Å²) in [5.41, 5.74) is 0. The van der Waals surface area contributed by atoms with Gasteiger partial charge in [0.1, 0.15) is 13.2 Å². The number of ether oxygens (including phenoxy) is 3. The van der Waals surface area contributed by atoms with Crippen LogP contribution in [0, 0.1) is 0 Å². The Morgan fingerprint density at radius 3 is 0.753 bits per heavy atom. The van der Waals surface area contributed by atoms with Crippen LogP contribution in [-0.4, -0.2) is 37.2 Å². The first-order chi connectivity index (χ1) is 40.0. The lowest BCUT2D eigenvalue weighted by Gasteiger charge is -2.18. The number of hydrogen-bond acceptors (Lipinski definition) is 6. The minimum atomic E-state index is -0.779. The second-order valence-electron chi connectivity index (χ2n) is 24.5. The van der Waals surface area contributed by atoms with Crippen molar-refractivity contribution in [2.24, 2.45) is 0 Å². The van der Waals surface area contributed by atoms with Gasteiger partial charge in [0.15, 0.2) is 6.10 Å². The third-order valence-corrected chi connectivity index (χ3v) is 16.3. The molecule has 0 aliphatic carbocycles. The fraction of sp³-hybridized carbons (Fsp3) is 0.853. The molecular weight excluding hydrogens is 997 g/mol. The maximum atomic E-state index is 12.9. The fourth-order valence-electron chi connectivity index (χ4n) is 11.0. The molecule has 6 nitrogen and oxygen atoms in total. The van der Waals surface area contributed by atoms with Gasteiger partial charge in [-0.1, -0.05) is 365 Å². The second-order valence-corrected chi connectivity index (χ2v) is 24.5. The Kier molecular flexibility index (Phi) is 67.6. The Morgan fingerprint density at radius 1 is 0.259 bits per heavy atom. The second kappa shape index (κ2) is 69.9. The molecule has 81 heavy (non-hydrogen) atoms. The lowest BCUT2D eigenvalue weighted by molar-refractivity contribution is -0.167. The molecular formula is C75H138O6. The normalized spacial score (nSPS) is 12.3. The van der Waals surface area contributed by atoms with Crippen LogP contribution in [0.3, 0.4) is 0 Å². The molecule has 0 N–H and O–H groups in total. The van der Waals surface area contributed by atoms with Gasteiger partial charge in [0.2, 0.25) is 0 Å². The predicted molar refractivity (Wildman–Crippen MR) is 353 cm³/mol. The highest BCUT2D eigenvalue weighted by Crippen LogP contribution is 2.19. The minimum Gasteiger partial charge on any atom is -0.462 e. The van der Waals surface area contributed by atoms with E-state index in [2.05, 4.69) is 69.4 Å². The average molecular weight is 1140 g/mol. The van der Waals surface area contributed by atoms with E-state index in [1.807, 2.05) is 0 Å². The number of rotatable bonds is 67. The SMILES string of the molecule is CC/C=C\C/C=C\C/C=C\C/C=C\CCCCCCCCC(=O)OC(COC(=O)CCCCCCCCCCCCC)COC(=O)CCCCCCCCCCCCCCCCCCCCCCCCCCCCCCCCCCC. The molecule has 0 aromatic heterocycles. The Bertz CT molecular complexity index is 1400. The lowest BCUT2D eigenvalue weighted by atomic mass is 10.0. The fourth-order valence-corrected chi connectivity index (χ4v) is 11.0. The Morgan fingerprint density at radius 2 is 0.481 bits per heavy atom. The molecule has 0 heterocycles. The summed E-state index contributed by atoms with van der Waals surface area (Å²) in [6, 6.07) is 0. The molecule has 0 amide bonds. The van der Waals surface area contributed by atoms with Crippen LogP contribution in [0.2, 0.25) is 0 Å². The van der Waals surface area contributed by atoms with Gasteiger partial charge < -0.3 is 14.2 Å². The molecule has 474 valence electrons. The van der Waals surface area contributed by atoms with Crippen molar-refractivity contribution in [2.75, 3.05) is 13.2 Å². The van der Waals surface area contributed by atoms with Gasteiger partial charge in [-0.15, -0.1) is 0 Å². The predicted octanol–water partition coefficient (Wildman–Crippen LogP) is 24.9. The molecule has 0 aliphatic heterocycles. The van der Waals surface area contributed by atoms with Gasteiger partial charge in [-0.25, -0.2) is 0 Å². The van der Waals surface area contributed by atoms with Crippen molar-refractivity contribution in [1.29, 1.82) is 0 Å².